The van der Waals surface area contributed by atoms with E-state index in [1.807, 2.05) is 6.08 Å². The molecular formula is C6H12Na. The fraction of sp³-hybridized carbons (Fsp3) is 0.500. The van der Waals surface area contributed by atoms with Gasteiger partial charge in [0.25, 0.3) is 0 Å². The molecule has 0 aliphatic carbocycles. The van der Waals surface area contributed by atoms with Gasteiger partial charge >= 0.3 is 29.6 Å². The van der Waals surface area contributed by atoms with Gasteiger partial charge in [0.15, 0.2) is 0 Å². The topological polar surface area (TPSA) is 0 Å². The molecule has 0 aliphatic rings. The number of allylic oxidation sites excluding steroid dienone is 1. The maximum absolute atomic E-state index is 3.68. The Morgan fingerprint density at radius 1 is 1.43 bits per heavy atom. The van der Waals surface area contributed by atoms with Crippen LogP contribution in [-0.4, -0.2) is 29.6 Å². The van der Waals surface area contributed by atoms with E-state index in [1.54, 1.807) is 0 Å². The van der Waals surface area contributed by atoms with Crippen molar-refractivity contribution in [1.82, 2.24) is 0 Å². The predicted molar refractivity (Wildman–Crippen MR) is 36.6 cm³/mol. The van der Waals surface area contributed by atoms with Gasteiger partial charge in [-0.25, -0.2) is 0 Å². The van der Waals surface area contributed by atoms with E-state index < -0.39 is 0 Å². The first-order valence-electron chi connectivity index (χ1n) is 2.32. The van der Waals surface area contributed by atoms with Gasteiger partial charge in [0.05, 0.1) is 0 Å². The third-order valence-electron chi connectivity index (χ3n) is 0.658. The van der Waals surface area contributed by atoms with Gasteiger partial charge in [0.1, 0.15) is 0 Å². The van der Waals surface area contributed by atoms with E-state index in [4.69, 9.17) is 0 Å². The molecule has 0 aromatic carbocycles. The molecule has 0 aromatic heterocycles. The van der Waals surface area contributed by atoms with Crippen molar-refractivity contribution in [1.29, 1.82) is 0 Å². The Hall–Kier alpha value is 0.740. The number of hydrogen-bond donors (Lipinski definition) is 0. The SMILES string of the molecule is [CH2]CCCC=C.[NaH]. The fourth-order valence-corrected chi connectivity index (χ4v) is 0.289. The fourth-order valence-electron chi connectivity index (χ4n) is 0.289. The zero-order valence-electron chi connectivity index (χ0n) is 4.11. The first kappa shape index (κ1) is 10.7. The molecule has 0 spiro atoms. The van der Waals surface area contributed by atoms with Crippen molar-refractivity contribution in [2.45, 2.75) is 19.3 Å². The van der Waals surface area contributed by atoms with Crippen molar-refractivity contribution in [2.24, 2.45) is 0 Å². The van der Waals surface area contributed by atoms with Crippen LogP contribution in [0.5, 0.6) is 0 Å². The summed E-state index contributed by atoms with van der Waals surface area (Å²) in [6.45, 7) is 7.25. The second-order valence-electron chi connectivity index (χ2n) is 1.28. The Morgan fingerprint density at radius 2 is 2.00 bits per heavy atom. The number of rotatable bonds is 3. The Labute approximate surface area is 68.3 Å². The molecule has 0 aromatic rings. The molecule has 0 fully saturated rings. The van der Waals surface area contributed by atoms with E-state index in [9.17, 15) is 0 Å². The molecular weight excluding hydrogens is 95.1 g/mol. The average Bonchev–Trinajstić information content (AvgIpc) is 1.61. The molecule has 37 valence electrons. The summed E-state index contributed by atoms with van der Waals surface area (Å²) in [6, 6.07) is 0. The van der Waals surface area contributed by atoms with Gasteiger partial charge in [0, 0.05) is 0 Å². The van der Waals surface area contributed by atoms with Crippen LogP contribution in [0.25, 0.3) is 0 Å². The Morgan fingerprint density at radius 3 is 2.14 bits per heavy atom. The zero-order valence-corrected chi connectivity index (χ0v) is 4.11. The minimum absolute atomic E-state index is 0. The summed E-state index contributed by atoms with van der Waals surface area (Å²) in [4.78, 5) is 0. The summed E-state index contributed by atoms with van der Waals surface area (Å²) in [6.07, 6.45) is 5.25. The van der Waals surface area contributed by atoms with Gasteiger partial charge in [-0.3, -0.25) is 0 Å². The van der Waals surface area contributed by atoms with Gasteiger partial charge in [0.2, 0.25) is 0 Å². The Bertz CT molecular complexity index is 33.2. The second-order valence-corrected chi connectivity index (χ2v) is 1.28. The van der Waals surface area contributed by atoms with Crippen LogP contribution in [-0.2, 0) is 0 Å². The maximum atomic E-state index is 3.68. The van der Waals surface area contributed by atoms with E-state index in [2.05, 4.69) is 13.5 Å². The monoisotopic (exact) mass is 107 g/mol. The van der Waals surface area contributed by atoms with Gasteiger partial charge in [-0.05, 0) is 12.8 Å². The van der Waals surface area contributed by atoms with E-state index in [-0.39, 0.29) is 29.6 Å². The van der Waals surface area contributed by atoms with E-state index in [0.29, 0.717) is 0 Å². The van der Waals surface area contributed by atoms with Crippen LogP contribution in [0.15, 0.2) is 12.7 Å². The average molecular weight is 107 g/mol. The molecule has 7 heavy (non-hydrogen) atoms. The van der Waals surface area contributed by atoms with Gasteiger partial charge in [-0.15, -0.1) is 6.58 Å². The molecule has 0 heterocycles. The number of unbranched alkanes of at least 4 members (excludes halogenated alkanes) is 2. The van der Waals surface area contributed by atoms with Crippen molar-refractivity contribution in [3.63, 3.8) is 0 Å². The second kappa shape index (κ2) is 9.88. The molecule has 0 unspecified atom stereocenters. The summed E-state index contributed by atoms with van der Waals surface area (Å²) in [5, 5.41) is 0. The van der Waals surface area contributed by atoms with Crippen molar-refractivity contribution < 1.29 is 0 Å². The van der Waals surface area contributed by atoms with Crippen LogP contribution in [0.3, 0.4) is 0 Å². The summed E-state index contributed by atoms with van der Waals surface area (Å²) in [5.74, 6) is 0. The first-order valence-corrected chi connectivity index (χ1v) is 2.32. The summed E-state index contributed by atoms with van der Waals surface area (Å²) in [7, 11) is 0. The normalized spacial score (nSPS) is 7.00. The minimum atomic E-state index is 0. The molecule has 0 saturated carbocycles. The molecule has 0 N–H and O–H groups in total. The molecule has 1 heteroatoms. The molecule has 0 aliphatic heterocycles. The van der Waals surface area contributed by atoms with Gasteiger partial charge < -0.3 is 0 Å². The van der Waals surface area contributed by atoms with Crippen LogP contribution in [0.2, 0.25) is 0 Å². The van der Waals surface area contributed by atoms with Crippen molar-refractivity contribution in [3.05, 3.63) is 19.6 Å². The quantitative estimate of drug-likeness (QED) is 0.291. The van der Waals surface area contributed by atoms with Crippen LogP contribution < -0.4 is 0 Å². The van der Waals surface area contributed by atoms with E-state index in [0.717, 1.165) is 12.8 Å². The molecule has 0 amide bonds. The van der Waals surface area contributed by atoms with Crippen molar-refractivity contribution in [3.8, 4) is 0 Å². The van der Waals surface area contributed by atoms with E-state index >= 15 is 0 Å². The standard InChI is InChI=1S/C6H11.Na.H/c1-3-5-6-4-2;;/h3H,1-2,4-6H2;;. The summed E-state index contributed by atoms with van der Waals surface area (Å²) >= 11 is 0. The van der Waals surface area contributed by atoms with Crippen molar-refractivity contribution in [2.75, 3.05) is 0 Å². The third-order valence-corrected chi connectivity index (χ3v) is 0.658. The third kappa shape index (κ3) is 10.8. The summed E-state index contributed by atoms with van der Waals surface area (Å²) < 4.78 is 0. The van der Waals surface area contributed by atoms with Crippen molar-refractivity contribution >= 4 is 29.6 Å². The van der Waals surface area contributed by atoms with Crippen LogP contribution in [0.1, 0.15) is 19.3 Å². The molecule has 0 atom stereocenters. The molecule has 1 radical (unpaired) electrons. The first-order chi connectivity index (χ1) is 2.91. The van der Waals surface area contributed by atoms with Crippen LogP contribution in [0.4, 0.5) is 0 Å². The zero-order chi connectivity index (χ0) is 4.83. The van der Waals surface area contributed by atoms with Crippen LogP contribution in [0, 0.1) is 6.92 Å². The number of hydrogen-bond acceptors (Lipinski definition) is 0. The predicted octanol–water partition coefficient (Wildman–Crippen LogP) is 1.53. The summed E-state index contributed by atoms with van der Waals surface area (Å²) in [5.41, 5.74) is 0. The molecule has 0 rings (SSSR count). The van der Waals surface area contributed by atoms with Gasteiger partial charge in [-0.1, -0.05) is 19.4 Å². The van der Waals surface area contributed by atoms with E-state index in [1.165, 1.54) is 6.42 Å². The molecule has 0 nitrogen and oxygen atoms in total. The molecule has 0 saturated heterocycles. The molecule has 0 bridgehead atoms. The Kier molecular flexibility index (Phi) is 15.1. The van der Waals surface area contributed by atoms with Gasteiger partial charge in [-0.2, -0.15) is 0 Å². The Balaban J connectivity index is 0. The van der Waals surface area contributed by atoms with Crippen LogP contribution >= 0.6 is 0 Å².